The van der Waals surface area contributed by atoms with E-state index in [1.54, 1.807) is 12.1 Å². The second-order valence-corrected chi connectivity index (χ2v) is 5.98. The molecule has 0 spiro atoms. The van der Waals surface area contributed by atoms with Crippen molar-refractivity contribution in [3.05, 3.63) is 24.0 Å². The Morgan fingerprint density at radius 2 is 1.91 bits per heavy atom. The smallest absolute Gasteiger partial charge is 0.275 e. The first-order valence-electron chi connectivity index (χ1n) is 7.60. The summed E-state index contributed by atoms with van der Waals surface area (Å²) in [6.45, 7) is 2.48. The fourth-order valence-corrected chi connectivity index (χ4v) is 3.33. The number of halogens is 3. The maximum Gasteiger partial charge on any atom is 0.275 e. The lowest BCUT2D eigenvalue weighted by atomic mass is 9.99. The molecule has 22 heavy (non-hydrogen) atoms. The van der Waals surface area contributed by atoms with Gasteiger partial charge in [-0.2, -0.15) is 0 Å². The van der Waals surface area contributed by atoms with Crippen LogP contribution in [0.15, 0.2) is 18.2 Å². The van der Waals surface area contributed by atoms with Crippen LogP contribution in [-0.4, -0.2) is 56.1 Å². The molecule has 2 heterocycles. The zero-order valence-corrected chi connectivity index (χ0v) is 12.4. The molecule has 0 radical (unpaired) electrons. The number of hydrogen-bond donors (Lipinski definition) is 2. The summed E-state index contributed by atoms with van der Waals surface area (Å²) in [5.74, 6) is -3.06. The van der Waals surface area contributed by atoms with E-state index in [9.17, 15) is 13.2 Å². The molecular weight excluding hydrogens is 293 g/mol. The SMILES string of the molecule is Nc1ccc(N2CCN(C3CCNCC3(F)F)CC2)c(F)c1. The summed E-state index contributed by atoms with van der Waals surface area (Å²) in [5.41, 5.74) is 6.43. The van der Waals surface area contributed by atoms with Gasteiger partial charge >= 0.3 is 0 Å². The molecule has 2 aliphatic rings. The molecule has 4 nitrogen and oxygen atoms in total. The molecule has 0 aromatic heterocycles. The Balaban J connectivity index is 1.65. The van der Waals surface area contributed by atoms with Crippen molar-refractivity contribution < 1.29 is 13.2 Å². The van der Waals surface area contributed by atoms with Gasteiger partial charge in [0.1, 0.15) is 5.82 Å². The number of benzene rings is 1. The second kappa shape index (κ2) is 5.96. The van der Waals surface area contributed by atoms with Crippen LogP contribution in [-0.2, 0) is 0 Å². The normalized spacial score (nSPS) is 26.1. The molecule has 1 aromatic rings. The molecule has 0 bridgehead atoms. The van der Waals surface area contributed by atoms with Crippen molar-refractivity contribution in [1.29, 1.82) is 0 Å². The fourth-order valence-electron chi connectivity index (χ4n) is 3.33. The summed E-state index contributed by atoms with van der Waals surface area (Å²) < 4.78 is 41.9. The van der Waals surface area contributed by atoms with Crippen LogP contribution in [0.2, 0.25) is 0 Å². The molecular formula is C15H21F3N4. The lowest BCUT2D eigenvalue weighted by molar-refractivity contribution is -0.0963. The van der Waals surface area contributed by atoms with Crippen LogP contribution in [0.3, 0.4) is 0 Å². The third-order valence-electron chi connectivity index (χ3n) is 4.51. The zero-order valence-electron chi connectivity index (χ0n) is 12.4. The van der Waals surface area contributed by atoms with Gasteiger partial charge in [0.2, 0.25) is 0 Å². The summed E-state index contributed by atoms with van der Waals surface area (Å²) in [6.07, 6.45) is 0.448. The number of alkyl halides is 2. The summed E-state index contributed by atoms with van der Waals surface area (Å²) in [6, 6.07) is 3.89. The van der Waals surface area contributed by atoms with Crippen molar-refractivity contribution in [2.24, 2.45) is 0 Å². The zero-order chi connectivity index (χ0) is 15.7. The van der Waals surface area contributed by atoms with E-state index in [-0.39, 0.29) is 12.4 Å². The summed E-state index contributed by atoms with van der Waals surface area (Å²) >= 11 is 0. The molecule has 7 heteroatoms. The van der Waals surface area contributed by atoms with Crippen LogP contribution < -0.4 is 16.0 Å². The van der Waals surface area contributed by atoms with E-state index >= 15 is 0 Å². The second-order valence-electron chi connectivity index (χ2n) is 5.98. The first-order chi connectivity index (χ1) is 10.5. The minimum absolute atomic E-state index is 0.259. The van der Waals surface area contributed by atoms with Crippen LogP contribution >= 0.6 is 0 Å². The molecule has 1 atom stereocenters. The van der Waals surface area contributed by atoms with Gasteiger partial charge in [-0.25, -0.2) is 13.2 Å². The molecule has 0 aliphatic carbocycles. The third kappa shape index (κ3) is 3.01. The highest BCUT2D eigenvalue weighted by Crippen LogP contribution is 2.30. The van der Waals surface area contributed by atoms with Crippen molar-refractivity contribution in [2.45, 2.75) is 18.4 Å². The summed E-state index contributed by atoms with van der Waals surface area (Å²) in [4.78, 5) is 3.73. The fraction of sp³-hybridized carbons (Fsp3) is 0.600. The Hall–Kier alpha value is -1.47. The van der Waals surface area contributed by atoms with Gasteiger partial charge in [0.15, 0.2) is 0 Å². The van der Waals surface area contributed by atoms with E-state index < -0.39 is 12.0 Å². The quantitative estimate of drug-likeness (QED) is 0.813. The van der Waals surface area contributed by atoms with E-state index in [0.717, 1.165) is 0 Å². The molecule has 122 valence electrons. The van der Waals surface area contributed by atoms with Gasteiger partial charge < -0.3 is 16.0 Å². The number of piperazine rings is 1. The van der Waals surface area contributed by atoms with Crippen molar-refractivity contribution in [2.75, 3.05) is 49.9 Å². The Morgan fingerprint density at radius 3 is 2.55 bits per heavy atom. The first kappa shape index (κ1) is 15.4. The average Bonchev–Trinajstić information content (AvgIpc) is 2.47. The van der Waals surface area contributed by atoms with Crippen LogP contribution in [0.25, 0.3) is 0 Å². The summed E-state index contributed by atoms with van der Waals surface area (Å²) in [7, 11) is 0. The number of nitrogen functional groups attached to an aromatic ring is 1. The van der Waals surface area contributed by atoms with Gasteiger partial charge in [-0.15, -0.1) is 0 Å². The van der Waals surface area contributed by atoms with Crippen molar-refractivity contribution >= 4 is 11.4 Å². The molecule has 0 saturated carbocycles. The topological polar surface area (TPSA) is 44.5 Å². The first-order valence-corrected chi connectivity index (χ1v) is 7.60. The monoisotopic (exact) mass is 314 g/mol. The van der Waals surface area contributed by atoms with Crippen molar-refractivity contribution in [3.8, 4) is 0 Å². The van der Waals surface area contributed by atoms with Crippen LogP contribution in [0, 0.1) is 5.82 Å². The van der Waals surface area contributed by atoms with Gasteiger partial charge in [0.05, 0.1) is 18.3 Å². The minimum Gasteiger partial charge on any atom is -0.399 e. The predicted octanol–water partition coefficient (Wildman–Crippen LogP) is 1.53. The maximum atomic E-state index is 14.0. The van der Waals surface area contributed by atoms with Gasteiger partial charge in [-0.1, -0.05) is 0 Å². The number of nitrogens with one attached hydrogen (secondary N) is 1. The standard InChI is InChI=1S/C15H21F3N4/c16-12-9-11(19)1-2-13(12)21-5-7-22(8-6-21)14-3-4-20-10-15(14,17)18/h1-2,9,14,20H,3-8,10,19H2. The lowest BCUT2D eigenvalue weighted by Gasteiger charge is -2.44. The third-order valence-corrected chi connectivity index (χ3v) is 4.51. The Kier molecular flexibility index (Phi) is 4.18. The number of hydrogen-bond acceptors (Lipinski definition) is 4. The van der Waals surface area contributed by atoms with Gasteiger partial charge in [-0.05, 0) is 31.2 Å². The lowest BCUT2D eigenvalue weighted by Crippen LogP contribution is -2.61. The van der Waals surface area contributed by atoms with E-state index in [2.05, 4.69) is 5.32 Å². The summed E-state index contributed by atoms with van der Waals surface area (Å²) in [5, 5.41) is 2.74. The number of anilines is 2. The molecule has 3 rings (SSSR count). The molecule has 2 fully saturated rings. The van der Waals surface area contributed by atoms with Crippen LogP contribution in [0.4, 0.5) is 24.5 Å². The minimum atomic E-state index is -2.70. The number of piperidine rings is 1. The van der Waals surface area contributed by atoms with E-state index in [1.807, 2.05) is 9.80 Å². The predicted molar refractivity (Wildman–Crippen MR) is 80.8 cm³/mol. The highest BCUT2D eigenvalue weighted by molar-refractivity contribution is 5.54. The van der Waals surface area contributed by atoms with E-state index in [0.29, 0.717) is 50.5 Å². The molecule has 3 N–H and O–H groups in total. The van der Waals surface area contributed by atoms with E-state index in [4.69, 9.17) is 5.73 Å². The van der Waals surface area contributed by atoms with Crippen LogP contribution in [0.1, 0.15) is 6.42 Å². The highest BCUT2D eigenvalue weighted by Gasteiger charge is 2.45. The Labute approximate surface area is 128 Å². The number of rotatable bonds is 2. The molecule has 1 unspecified atom stereocenters. The molecule has 1 aromatic carbocycles. The molecule has 2 saturated heterocycles. The number of nitrogens with two attached hydrogens (primary N) is 1. The van der Waals surface area contributed by atoms with Crippen LogP contribution in [0.5, 0.6) is 0 Å². The Morgan fingerprint density at radius 1 is 1.18 bits per heavy atom. The molecule has 0 amide bonds. The van der Waals surface area contributed by atoms with Crippen molar-refractivity contribution in [1.82, 2.24) is 10.2 Å². The average molecular weight is 314 g/mol. The van der Waals surface area contributed by atoms with Gasteiger partial charge in [0.25, 0.3) is 5.92 Å². The van der Waals surface area contributed by atoms with E-state index in [1.165, 1.54) is 6.07 Å². The maximum absolute atomic E-state index is 14.0. The Bertz CT molecular complexity index is 530. The molecule has 2 aliphatic heterocycles. The largest absolute Gasteiger partial charge is 0.399 e. The number of nitrogens with zero attached hydrogens (tertiary/aromatic N) is 2. The van der Waals surface area contributed by atoms with Gasteiger partial charge in [0, 0.05) is 31.9 Å². The van der Waals surface area contributed by atoms with Gasteiger partial charge in [-0.3, -0.25) is 4.90 Å². The highest BCUT2D eigenvalue weighted by atomic mass is 19.3. The van der Waals surface area contributed by atoms with Crippen molar-refractivity contribution in [3.63, 3.8) is 0 Å².